The second-order valence-corrected chi connectivity index (χ2v) is 9.55. The van der Waals surface area contributed by atoms with E-state index in [0.717, 1.165) is 22.6 Å². The number of esters is 1. The van der Waals surface area contributed by atoms with Gasteiger partial charge in [-0.25, -0.2) is 17.9 Å². The summed E-state index contributed by atoms with van der Waals surface area (Å²) in [6.45, 7) is 5.30. The van der Waals surface area contributed by atoms with Crippen molar-refractivity contribution in [1.29, 1.82) is 5.26 Å². The van der Waals surface area contributed by atoms with Gasteiger partial charge < -0.3 is 9.30 Å². The van der Waals surface area contributed by atoms with Crippen LogP contribution in [0.5, 0.6) is 0 Å². The molecule has 0 atom stereocenters. The van der Waals surface area contributed by atoms with E-state index in [2.05, 4.69) is 4.72 Å². The maximum absolute atomic E-state index is 12.8. The third-order valence-corrected chi connectivity index (χ3v) is 6.76. The minimum absolute atomic E-state index is 0.00469. The molecule has 34 heavy (non-hydrogen) atoms. The number of hydrogen-bond donors (Lipinski definition) is 1. The van der Waals surface area contributed by atoms with Crippen LogP contribution < -0.4 is 4.72 Å². The molecule has 2 aromatic carbocycles. The lowest BCUT2D eigenvalue weighted by Gasteiger charge is -2.10. The zero-order valence-electron chi connectivity index (χ0n) is 19.2. The van der Waals surface area contributed by atoms with E-state index in [1.54, 1.807) is 6.07 Å². The molecule has 0 saturated heterocycles. The van der Waals surface area contributed by atoms with Gasteiger partial charge in [-0.15, -0.1) is 0 Å². The van der Waals surface area contributed by atoms with Crippen LogP contribution in [0.4, 0.5) is 0 Å². The van der Waals surface area contributed by atoms with Gasteiger partial charge in [0.25, 0.3) is 0 Å². The zero-order valence-corrected chi connectivity index (χ0v) is 20.0. The van der Waals surface area contributed by atoms with E-state index in [1.807, 2.05) is 55.7 Å². The lowest BCUT2D eigenvalue weighted by atomic mass is 10.1. The summed E-state index contributed by atoms with van der Waals surface area (Å²) in [6, 6.07) is 16.7. The molecule has 0 aliphatic rings. The number of Topliss-reactive ketones (excluding diaryl/α,β-unsaturated/α-hetero) is 1. The largest absolute Gasteiger partial charge is 0.454 e. The zero-order chi connectivity index (χ0) is 24.9. The third-order valence-electron chi connectivity index (χ3n) is 5.29. The van der Waals surface area contributed by atoms with Crippen molar-refractivity contribution in [1.82, 2.24) is 9.29 Å². The first-order valence-corrected chi connectivity index (χ1v) is 12.1. The molecular weight excluding hydrogens is 454 g/mol. The molecule has 0 spiro atoms. The average Bonchev–Trinajstić information content (AvgIpc) is 3.12. The molecule has 0 amide bonds. The third kappa shape index (κ3) is 5.60. The molecule has 0 fully saturated rings. The van der Waals surface area contributed by atoms with Gasteiger partial charge in [-0.2, -0.15) is 5.26 Å². The molecule has 1 heterocycles. The lowest BCUT2D eigenvalue weighted by molar-refractivity contribution is 0.0474. The first kappa shape index (κ1) is 24.9. The molecular formula is C25H25N3O5S. The summed E-state index contributed by atoms with van der Waals surface area (Å²) in [5.41, 5.74) is 4.30. The molecule has 3 aromatic rings. The smallest absolute Gasteiger partial charge is 0.338 e. The van der Waals surface area contributed by atoms with Gasteiger partial charge in [-0.1, -0.05) is 17.7 Å². The van der Waals surface area contributed by atoms with Gasteiger partial charge in [0.15, 0.2) is 6.61 Å². The highest BCUT2D eigenvalue weighted by molar-refractivity contribution is 7.89. The molecule has 0 aliphatic carbocycles. The SMILES string of the molecule is Cc1ccc(-n2c(C)cc(C(=O)COC(=O)c3ccc(S(=O)(=O)NCCC#N)cc3)c2C)cc1. The standard InChI is InChI=1S/C25H25N3O5S/c1-17-5-9-21(10-6-17)28-18(2)15-23(19(28)3)24(29)16-33-25(30)20-7-11-22(12-8-20)34(31,32)27-14-4-13-26/h5-12,15,27H,4,14,16H2,1-3H3. The summed E-state index contributed by atoms with van der Waals surface area (Å²) < 4.78 is 33.8. The molecule has 0 bridgehead atoms. The summed E-state index contributed by atoms with van der Waals surface area (Å²) in [5.74, 6) is -1.07. The van der Waals surface area contributed by atoms with Crippen molar-refractivity contribution < 1.29 is 22.7 Å². The predicted octanol–water partition coefficient (Wildman–Crippen LogP) is 3.63. The van der Waals surface area contributed by atoms with Crippen LogP contribution in [0.2, 0.25) is 0 Å². The van der Waals surface area contributed by atoms with Gasteiger partial charge in [0.2, 0.25) is 15.8 Å². The maximum Gasteiger partial charge on any atom is 0.338 e. The number of sulfonamides is 1. The Hall–Kier alpha value is -3.74. The number of carbonyl (C=O) groups excluding carboxylic acids is 2. The number of rotatable bonds is 9. The Bertz CT molecular complexity index is 1350. The van der Waals surface area contributed by atoms with Gasteiger partial charge in [0.1, 0.15) is 0 Å². The first-order chi connectivity index (χ1) is 16.1. The summed E-state index contributed by atoms with van der Waals surface area (Å²) in [7, 11) is -3.78. The highest BCUT2D eigenvalue weighted by Crippen LogP contribution is 2.22. The first-order valence-electron chi connectivity index (χ1n) is 10.6. The number of nitrogens with one attached hydrogen (secondary N) is 1. The van der Waals surface area contributed by atoms with Crippen LogP contribution in [0.3, 0.4) is 0 Å². The van der Waals surface area contributed by atoms with E-state index in [9.17, 15) is 18.0 Å². The Morgan fingerprint density at radius 3 is 2.29 bits per heavy atom. The Balaban J connectivity index is 1.66. The van der Waals surface area contributed by atoms with Crippen molar-refractivity contribution in [2.24, 2.45) is 0 Å². The Kier molecular flexibility index (Phi) is 7.66. The Morgan fingerprint density at radius 2 is 1.68 bits per heavy atom. The van der Waals surface area contributed by atoms with E-state index in [-0.39, 0.29) is 29.2 Å². The van der Waals surface area contributed by atoms with E-state index >= 15 is 0 Å². The van der Waals surface area contributed by atoms with Gasteiger partial charge in [-0.3, -0.25) is 4.79 Å². The summed E-state index contributed by atoms with van der Waals surface area (Å²) in [4.78, 5) is 25.1. The topological polar surface area (TPSA) is 118 Å². The number of nitriles is 1. The fourth-order valence-electron chi connectivity index (χ4n) is 3.52. The van der Waals surface area contributed by atoms with Gasteiger partial charge >= 0.3 is 5.97 Å². The van der Waals surface area contributed by atoms with Crippen LogP contribution in [0, 0.1) is 32.1 Å². The molecule has 0 unspecified atom stereocenters. The molecule has 0 radical (unpaired) electrons. The van der Waals surface area contributed by atoms with E-state index in [1.165, 1.54) is 24.3 Å². The number of nitrogens with zero attached hydrogens (tertiary/aromatic N) is 2. The monoisotopic (exact) mass is 479 g/mol. The van der Waals surface area contributed by atoms with E-state index in [0.29, 0.717) is 5.56 Å². The van der Waals surface area contributed by atoms with Crippen molar-refractivity contribution >= 4 is 21.8 Å². The van der Waals surface area contributed by atoms with Crippen LogP contribution >= 0.6 is 0 Å². The Labute approximate surface area is 198 Å². The number of ketones is 1. The van der Waals surface area contributed by atoms with E-state index < -0.39 is 22.6 Å². The maximum atomic E-state index is 12.8. The molecule has 0 saturated carbocycles. The number of ether oxygens (including phenoxy) is 1. The van der Waals surface area contributed by atoms with Crippen molar-refractivity contribution in [2.75, 3.05) is 13.2 Å². The number of aryl methyl sites for hydroxylation is 2. The van der Waals surface area contributed by atoms with Crippen LogP contribution in [0.15, 0.2) is 59.5 Å². The van der Waals surface area contributed by atoms with Crippen LogP contribution in [0.1, 0.15) is 44.1 Å². The highest BCUT2D eigenvalue weighted by Gasteiger charge is 2.19. The summed E-state index contributed by atoms with van der Waals surface area (Å²) in [5, 5.41) is 8.52. The molecule has 9 heteroatoms. The molecule has 3 rings (SSSR count). The molecule has 1 aromatic heterocycles. The highest BCUT2D eigenvalue weighted by atomic mass is 32.2. The summed E-state index contributed by atoms with van der Waals surface area (Å²) >= 11 is 0. The van der Waals surface area contributed by atoms with Crippen LogP contribution in [-0.2, 0) is 14.8 Å². The predicted molar refractivity (Wildman–Crippen MR) is 126 cm³/mol. The normalized spacial score (nSPS) is 11.1. The number of aromatic nitrogens is 1. The van der Waals surface area contributed by atoms with Gasteiger partial charge in [0.05, 0.1) is 16.5 Å². The number of benzene rings is 2. The van der Waals surface area contributed by atoms with E-state index in [4.69, 9.17) is 10.00 Å². The summed E-state index contributed by atoms with van der Waals surface area (Å²) in [6.07, 6.45) is 0.0467. The molecule has 1 N–H and O–H groups in total. The molecule has 8 nitrogen and oxygen atoms in total. The average molecular weight is 480 g/mol. The van der Waals surface area contributed by atoms with Crippen molar-refractivity contribution in [2.45, 2.75) is 32.1 Å². The second kappa shape index (κ2) is 10.5. The van der Waals surface area contributed by atoms with Gasteiger partial charge in [0, 0.05) is 35.6 Å². The molecule has 176 valence electrons. The fourth-order valence-corrected chi connectivity index (χ4v) is 4.56. The quantitative estimate of drug-likeness (QED) is 0.284. The van der Waals surface area contributed by atoms with Crippen LogP contribution in [0.25, 0.3) is 5.69 Å². The second-order valence-electron chi connectivity index (χ2n) is 7.79. The fraction of sp³-hybridized carbons (Fsp3) is 0.240. The van der Waals surface area contributed by atoms with Crippen LogP contribution in [-0.4, -0.2) is 37.9 Å². The minimum Gasteiger partial charge on any atom is -0.454 e. The van der Waals surface area contributed by atoms with Crippen molar-refractivity contribution in [3.8, 4) is 11.8 Å². The molecule has 0 aliphatic heterocycles. The minimum atomic E-state index is -3.78. The Morgan fingerprint density at radius 1 is 1.03 bits per heavy atom. The number of hydrogen-bond acceptors (Lipinski definition) is 6. The van der Waals surface area contributed by atoms with Crippen molar-refractivity contribution in [3.05, 3.63) is 82.7 Å². The van der Waals surface area contributed by atoms with Gasteiger partial charge in [-0.05, 0) is 63.2 Å². The lowest BCUT2D eigenvalue weighted by Crippen LogP contribution is -2.24. The van der Waals surface area contributed by atoms with Crippen molar-refractivity contribution in [3.63, 3.8) is 0 Å². The number of carbonyl (C=O) groups is 2.